The molecule has 5 nitrogen and oxygen atoms in total. The van der Waals surface area contributed by atoms with Gasteiger partial charge in [-0.1, -0.05) is 269 Å². The van der Waals surface area contributed by atoms with Crippen LogP contribution in [0.3, 0.4) is 0 Å². The molecular weight excluding hydrogens is 751 g/mol. The van der Waals surface area contributed by atoms with Crippen LogP contribution in [0.4, 0.5) is 0 Å². The number of aliphatic hydroxyl groups excluding tert-OH is 3. The van der Waals surface area contributed by atoms with E-state index < -0.39 is 18.2 Å². The molecule has 4 N–H and O–H groups in total. The van der Waals surface area contributed by atoms with E-state index in [1.54, 1.807) is 0 Å². The van der Waals surface area contributed by atoms with Gasteiger partial charge in [-0.15, -0.1) is 0 Å². The third-order valence-electron chi connectivity index (χ3n) is 13.0. The van der Waals surface area contributed by atoms with Gasteiger partial charge in [-0.05, 0) is 51.4 Å². The number of carbonyl (C=O) groups excluding carboxylic acids is 1. The summed E-state index contributed by atoms with van der Waals surface area (Å²) in [6.07, 6.45) is 64.9. The van der Waals surface area contributed by atoms with Crippen LogP contribution in [0, 0.1) is 0 Å². The van der Waals surface area contributed by atoms with Gasteiger partial charge in [0.25, 0.3) is 0 Å². The zero-order valence-electron chi connectivity index (χ0n) is 41.3. The van der Waals surface area contributed by atoms with Crippen molar-refractivity contribution >= 4 is 5.91 Å². The molecular formula is C56H109NO4. The molecule has 0 saturated carbocycles. The van der Waals surface area contributed by atoms with Crippen LogP contribution in [0.25, 0.3) is 0 Å². The highest BCUT2D eigenvalue weighted by atomic mass is 16.3. The number of aliphatic hydroxyl groups is 3. The topological polar surface area (TPSA) is 89.8 Å². The predicted molar refractivity (Wildman–Crippen MR) is 268 cm³/mol. The molecule has 0 bridgehead atoms. The van der Waals surface area contributed by atoms with Crippen LogP contribution in [-0.4, -0.2) is 46.1 Å². The van der Waals surface area contributed by atoms with Crippen molar-refractivity contribution in [2.75, 3.05) is 6.61 Å². The summed E-state index contributed by atoms with van der Waals surface area (Å²) >= 11 is 0. The highest BCUT2D eigenvalue weighted by Gasteiger charge is 2.26. The molecule has 3 atom stereocenters. The lowest BCUT2D eigenvalue weighted by Crippen LogP contribution is -2.50. The van der Waals surface area contributed by atoms with Gasteiger partial charge in [0, 0.05) is 6.42 Å². The number of carbonyl (C=O) groups is 1. The lowest BCUT2D eigenvalue weighted by atomic mass is 10.0. The molecule has 0 aliphatic heterocycles. The smallest absolute Gasteiger partial charge is 0.220 e. The Morgan fingerprint density at radius 1 is 0.393 bits per heavy atom. The van der Waals surface area contributed by atoms with Gasteiger partial charge in [0.05, 0.1) is 18.8 Å². The van der Waals surface area contributed by atoms with Gasteiger partial charge in [0.2, 0.25) is 5.91 Å². The fourth-order valence-electron chi connectivity index (χ4n) is 8.77. The second-order valence-electron chi connectivity index (χ2n) is 19.1. The first-order chi connectivity index (χ1) is 30.1. The molecule has 0 aromatic rings. The highest BCUT2D eigenvalue weighted by molar-refractivity contribution is 5.76. The van der Waals surface area contributed by atoms with Crippen molar-refractivity contribution in [3.63, 3.8) is 0 Å². The fourth-order valence-corrected chi connectivity index (χ4v) is 8.77. The van der Waals surface area contributed by atoms with Crippen molar-refractivity contribution < 1.29 is 20.1 Å². The molecule has 0 saturated heterocycles. The van der Waals surface area contributed by atoms with Gasteiger partial charge >= 0.3 is 0 Å². The molecule has 61 heavy (non-hydrogen) atoms. The highest BCUT2D eigenvalue weighted by Crippen LogP contribution is 2.18. The van der Waals surface area contributed by atoms with Gasteiger partial charge in [-0.3, -0.25) is 4.79 Å². The Hall–Kier alpha value is -1.17. The maximum atomic E-state index is 12.5. The Balaban J connectivity index is 3.47. The van der Waals surface area contributed by atoms with Gasteiger partial charge < -0.3 is 20.6 Å². The maximum Gasteiger partial charge on any atom is 0.220 e. The van der Waals surface area contributed by atoms with Crippen molar-refractivity contribution in [1.82, 2.24) is 5.32 Å². The number of hydrogen-bond acceptors (Lipinski definition) is 4. The van der Waals surface area contributed by atoms with E-state index in [-0.39, 0.29) is 12.5 Å². The summed E-state index contributed by atoms with van der Waals surface area (Å²) in [4.78, 5) is 12.5. The van der Waals surface area contributed by atoms with Crippen LogP contribution in [0.1, 0.15) is 303 Å². The molecule has 1 amide bonds. The number of nitrogens with one attached hydrogen (secondary N) is 1. The normalized spacial score (nSPS) is 13.5. The van der Waals surface area contributed by atoms with E-state index in [0.29, 0.717) is 12.8 Å². The first-order valence-corrected chi connectivity index (χ1v) is 27.6. The number of amides is 1. The average Bonchev–Trinajstić information content (AvgIpc) is 3.26. The largest absolute Gasteiger partial charge is 0.394 e. The standard InChI is InChI=1S/C56H109NO4/c1-3-5-7-9-11-13-15-17-19-20-21-22-23-24-25-26-27-28-29-30-31-32-33-34-35-36-37-39-41-43-45-47-49-51-55(60)57-53(52-58)56(61)54(59)50-48-46-44-42-40-38-18-16-14-12-10-8-6-4-2/h16,18,42,44,53-54,56,58-59,61H,3-15,17,19-41,43,45-52H2,1-2H3,(H,57,60)/b18-16+,44-42+. The van der Waals surface area contributed by atoms with Crippen LogP contribution in [0.15, 0.2) is 24.3 Å². The minimum atomic E-state index is -1.16. The van der Waals surface area contributed by atoms with Gasteiger partial charge in [0.15, 0.2) is 0 Å². The van der Waals surface area contributed by atoms with Crippen molar-refractivity contribution in [3.05, 3.63) is 24.3 Å². The number of allylic oxidation sites excluding steroid dienone is 4. The van der Waals surface area contributed by atoms with Crippen molar-refractivity contribution in [2.45, 2.75) is 321 Å². The minimum absolute atomic E-state index is 0.153. The summed E-state index contributed by atoms with van der Waals surface area (Å²) in [6, 6.07) is -0.829. The van der Waals surface area contributed by atoms with Gasteiger partial charge in [0.1, 0.15) is 6.10 Å². The van der Waals surface area contributed by atoms with Crippen LogP contribution in [-0.2, 0) is 4.79 Å². The van der Waals surface area contributed by atoms with E-state index in [1.807, 2.05) is 0 Å². The van der Waals surface area contributed by atoms with E-state index >= 15 is 0 Å². The minimum Gasteiger partial charge on any atom is -0.394 e. The Morgan fingerprint density at radius 3 is 1.00 bits per heavy atom. The Labute approximate surface area is 382 Å². The zero-order chi connectivity index (χ0) is 44.4. The van der Waals surface area contributed by atoms with E-state index in [9.17, 15) is 20.1 Å². The van der Waals surface area contributed by atoms with Crippen LogP contribution >= 0.6 is 0 Å². The lowest BCUT2D eigenvalue weighted by molar-refractivity contribution is -0.124. The first-order valence-electron chi connectivity index (χ1n) is 27.6. The molecule has 362 valence electrons. The molecule has 0 heterocycles. The quantitative estimate of drug-likeness (QED) is 0.0362. The number of rotatable bonds is 51. The van der Waals surface area contributed by atoms with Gasteiger partial charge in [-0.25, -0.2) is 0 Å². The van der Waals surface area contributed by atoms with Gasteiger partial charge in [-0.2, -0.15) is 0 Å². The predicted octanol–water partition coefficient (Wildman–Crippen LogP) is 16.9. The number of unbranched alkanes of at least 4 members (excludes halogenated alkanes) is 39. The maximum absolute atomic E-state index is 12.5. The average molecular weight is 860 g/mol. The van der Waals surface area contributed by atoms with E-state index in [1.165, 1.54) is 231 Å². The summed E-state index contributed by atoms with van der Waals surface area (Å²) in [7, 11) is 0. The summed E-state index contributed by atoms with van der Waals surface area (Å²) in [5.74, 6) is -0.153. The molecule has 0 aromatic carbocycles. The van der Waals surface area contributed by atoms with E-state index in [0.717, 1.165) is 44.9 Å². The molecule has 0 aromatic heterocycles. The molecule has 0 radical (unpaired) electrons. The molecule has 0 rings (SSSR count). The van der Waals surface area contributed by atoms with Crippen molar-refractivity contribution in [2.24, 2.45) is 0 Å². The molecule has 0 fully saturated rings. The molecule has 5 heteroatoms. The monoisotopic (exact) mass is 860 g/mol. The Bertz CT molecular complexity index is 905. The van der Waals surface area contributed by atoms with Crippen LogP contribution in [0.2, 0.25) is 0 Å². The third kappa shape index (κ3) is 46.6. The fraction of sp³-hybridized carbons (Fsp3) is 0.911. The molecule has 0 aliphatic rings. The Morgan fingerprint density at radius 2 is 0.672 bits per heavy atom. The lowest BCUT2D eigenvalue weighted by Gasteiger charge is -2.26. The molecule has 3 unspecified atom stereocenters. The van der Waals surface area contributed by atoms with E-state index in [2.05, 4.69) is 43.5 Å². The van der Waals surface area contributed by atoms with E-state index in [4.69, 9.17) is 0 Å². The zero-order valence-corrected chi connectivity index (χ0v) is 41.3. The second-order valence-corrected chi connectivity index (χ2v) is 19.1. The first kappa shape index (κ1) is 59.8. The molecule has 0 aliphatic carbocycles. The third-order valence-corrected chi connectivity index (χ3v) is 13.0. The van der Waals surface area contributed by atoms with Crippen molar-refractivity contribution in [3.8, 4) is 0 Å². The second kappa shape index (κ2) is 51.5. The summed E-state index contributed by atoms with van der Waals surface area (Å²) in [5, 5.41) is 33.6. The number of hydrogen-bond donors (Lipinski definition) is 4. The summed E-state index contributed by atoms with van der Waals surface area (Å²) in [5.41, 5.74) is 0. The van der Waals surface area contributed by atoms with Crippen LogP contribution < -0.4 is 5.32 Å². The van der Waals surface area contributed by atoms with Crippen molar-refractivity contribution in [1.29, 1.82) is 0 Å². The molecule has 0 spiro atoms. The summed E-state index contributed by atoms with van der Waals surface area (Å²) < 4.78 is 0. The summed E-state index contributed by atoms with van der Waals surface area (Å²) in [6.45, 7) is 4.17. The Kier molecular flexibility index (Phi) is 50.5. The van der Waals surface area contributed by atoms with Crippen LogP contribution in [0.5, 0.6) is 0 Å². The SMILES string of the molecule is CCCCCCC/C=C/CC/C=C/CCCC(O)C(O)C(CO)NC(=O)CCCCCCCCCCCCCCCCCCCCCCCCCCCCCCCCCCC.